The molecule has 0 bridgehead atoms. The molecule has 6 amide bonds. The maximum absolute atomic E-state index is 13.2. The number of hydrogen-bond donors (Lipinski definition) is 9. The minimum atomic E-state index is -1.33. The number of nitrogens with one attached hydrogen (secondary N) is 6. The number of carboxylic acid groups (broad SMARTS) is 1. The molecule has 584 valence electrons. The first-order chi connectivity index (χ1) is 52.5. The summed E-state index contributed by atoms with van der Waals surface area (Å²) in [5.74, 6) is -2.94. The number of Topliss-reactive ketones (excluding diaryl/α,β-unsaturated/α-hetero) is 1. The number of nitro benzene ring substituents is 2. The van der Waals surface area contributed by atoms with E-state index in [4.69, 9.17) is 86.1 Å². The number of nitrogen functional groups attached to an aromatic ring is 2. The van der Waals surface area contributed by atoms with Crippen LogP contribution in [0, 0.1) is 51.3 Å². The fourth-order valence-corrected chi connectivity index (χ4v) is 9.16. The lowest BCUT2D eigenvalue weighted by Gasteiger charge is -2.29. The molecule has 7 aromatic rings. The number of non-ortho nitro benzene ring substituents is 2. The molecule has 110 heavy (non-hydrogen) atoms. The smallest absolute Gasteiger partial charge is 0.337 e. The van der Waals surface area contributed by atoms with Crippen LogP contribution in [0.2, 0.25) is 34.7 Å². The molecule has 7 aromatic carbocycles. The summed E-state index contributed by atoms with van der Waals surface area (Å²) in [6.45, 7) is 35.8. The van der Waals surface area contributed by atoms with Crippen molar-refractivity contribution in [1.29, 1.82) is 5.26 Å². The largest absolute Gasteiger partial charge is 0.478 e. The number of aromatic carboxylic acids is 1. The van der Waals surface area contributed by atoms with E-state index in [9.17, 15) is 63.4 Å². The van der Waals surface area contributed by atoms with Crippen molar-refractivity contribution in [3.05, 3.63) is 243 Å². The number of nitrogens with zero attached hydrogens (tertiary/aromatic N) is 7. The van der Waals surface area contributed by atoms with Crippen molar-refractivity contribution in [2.45, 2.75) is 93.2 Å². The molecular weight excluding hydrogens is 1520 g/mol. The molecule has 1 aliphatic heterocycles. The van der Waals surface area contributed by atoms with Gasteiger partial charge in [0.15, 0.2) is 18.9 Å². The molecule has 0 aliphatic carbocycles. The maximum atomic E-state index is 13.2. The molecule has 11 N–H and O–H groups in total. The van der Waals surface area contributed by atoms with Gasteiger partial charge >= 0.3 is 11.9 Å². The highest BCUT2D eigenvalue weighted by atomic mass is 35.5. The van der Waals surface area contributed by atoms with Crippen molar-refractivity contribution < 1.29 is 67.0 Å². The first-order valence-electron chi connectivity index (χ1n) is 33.7. The Balaban J connectivity index is 0.00000132. The minimum absolute atomic E-state index is 0.0450. The van der Waals surface area contributed by atoms with Gasteiger partial charge in [0.1, 0.15) is 11.3 Å². The van der Waals surface area contributed by atoms with E-state index >= 15 is 0 Å². The maximum Gasteiger partial charge on any atom is 0.337 e. The van der Waals surface area contributed by atoms with Crippen molar-refractivity contribution in [3.8, 4) is 5.69 Å². The molecule has 30 nitrogen and oxygen atoms in total. The third-order valence-electron chi connectivity index (χ3n) is 13.3. The average molecular weight is 1610 g/mol. The van der Waals surface area contributed by atoms with Crippen molar-refractivity contribution >= 4 is 159 Å². The molecule has 0 spiro atoms. The number of ether oxygens (including phenoxy) is 1. The van der Waals surface area contributed by atoms with Crippen LogP contribution in [-0.2, 0) is 19.1 Å². The van der Waals surface area contributed by atoms with E-state index in [0.717, 1.165) is 29.8 Å². The average Bonchev–Trinajstić information content (AvgIpc) is 1.58. The summed E-state index contributed by atoms with van der Waals surface area (Å²) in [6.07, 6.45) is 0. The van der Waals surface area contributed by atoms with Crippen molar-refractivity contribution in [1.82, 2.24) is 26.6 Å². The van der Waals surface area contributed by atoms with E-state index in [1.165, 1.54) is 90.3 Å². The summed E-state index contributed by atoms with van der Waals surface area (Å²) in [7, 11) is 6.24. The van der Waals surface area contributed by atoms with E-state index in [2.05, 4.69) is 52.0 Å². The monoisotopic (exact) mass is 1610 g/mol. The lowest BCUT2D eigenvalue weighted by atomic mass is 10.0. The third kappa shape index (κ3) is 33.6. The van der Waals surface area contributed by atoms with E-state index in [0.29, 0.717) is 62.4 Å². The summed E-state index contributed by atoms with van der Waals surface area (Å²) in [6, 6.07) is 31.3. The van der Waals surface area contributed by atoms with Crippen LogP contribution in [-0.4, -0.2) is 134 Å². The highest BCUT2D eigenvalue weighted by Gasteiger charge is 2.50. The van der Waals surface area contributed by atoms with E-state index in [-0.39, 0.29) is 109 Å². The van der Waals surface area contributed by atoms with Gasteiger partial charge in [0.25, 0.3) is 52.5 Å². The fourth-order valence-electron chi connectivity index (χ4n) is 7.85. The number of nitrogens with two attached hydrogens (primary N) is 2. The summed E-state index contributed by atoms with van der Waals surface area (Å²) < 4.78 is 27.7. The fraction of sp³-hybridized carbons (Fsp3) is 0.267. The quantitative estimate of drug-likeness (QED) is 0.00984. The minimum Gasteiger partial charge on any atom is -0.478 e. The number of hydrogen-bond acceptors (Lipinski definition) is 19. The van der Waals surface area contributed by atoms with E-state index in [1.807, 2.05) is 26.6 Å². The number of carbonyl (C=O) groups is 9. The highest BCUT2D eigenvalue weighted by Crippen LogP contribution is 2.38. The van der Waals surface area contributed by atoms with Crippen LogP contribution < -0.4 is 53.2 Å². The zero-order chi connectivity index (χ0) is 87.3. The predicted octanol–water partition coefficient (Wildman–Crippen LogP) is 14.0. The number of nitriles is 1. The topological polar surface area (TPSA) is 433 Å². The van der Waals surface area contributed by atoms with Crippen LogP contribution in [0.15, 0.2) is 146 Å². The van der Waals surface area contributed by atoms with Gasteiger partial charge in [-0.1, -0.05) is 60.5 Å². The summed E-state index contributed by atoms with van der Waals surface area (Å²) in [5, 5.41) is 53.2. The number of benzene rings is 7. The number of carboxylic acids is 1. The number of nitro groups is 2. The molecule has 1 fully saturated rings. The lowest BCUT2D eigenvalue weighted by molar-refractivity contribution is -0.385. The molecule has 1 aliphatic rings. The molecular formula is C75H88Cl3N15O15SSi. The summed E-state index contributed by atoms with van der Waals surface area (Å²) in [4.78, 5) is 129. The number of amides is 6. The first kappa shape index (κ1) is 91.8. The molecule has 8 rings (SSSR count). The van der Waals surface area contributed by atoms with Gasteiger partial charge in [-0.3, -0.25) is 63.5 Å². The second kappa shape index (κ2) is 47.3. The molecule has 1 saturated heterocycles. The highest BCUT2D eigenvalue weighted by molar-refractivity contribution is 7.81. The van der Waals surface area contributed by atoms with Gasteiger partial charge in [-0.25, -0.2) is 21.5 Å². The molecule has 0 saturated carbocycles. The number of thiocarbonyl (C=S) groups is 1. The Morgan fingerprint density at radius 3 is 1.40 bits per heavy atom. The Labute approximate surface area is 663 Å². The predicted molar refractivity (Wildman–Crippen MR) is 436 cm³/mol. The van der Waals surface area contributed by atoms with Gasteiger partial charge < -0.3 is 62.9 Å². The zero-order valence-corrected chi connectivity index (χ0v) is 67.4. The second-order valence-corrected chi connectivity index (χ2v) is 30.5. The first-order valence-corrected chi connectivity index (χ1v) is 37.2. The van der Waals surface area contributed by atoms with Gasteiger partial charge in [0.05, 0.1) is 58.9 Å². The summed E-state index contributed by atoms with van der Waals surface area (Å²) in [5.41, 5.74) is 16.6. The third-order valence-corrected chi connectivity index (χ3v) is 15.2. The van der Waals surface area contributed by atoms with Crippen molar-refractivity contribution in [3.63, 3.8) is 0 Å². The zero-order valence-electron chi connectivity index (χ0n) is 66.3. The standard InChI is InChI=1S/C21H20N4O2S.C12H15N3O.C8H7ClN2O3.C8H9ClN2O.C8H10N2O.C7H4ClNO4.C4H9NSi.C4H8O2.C3H6O/c1-13-12-16(10-11-17(13)22-4)24-19(27)21(2,3)25(20(24)28)15-8-6-14(7-9-15)18(26)23-5;1-12(2,14-4)15-10-7-5-9(6-8-10)11(16)13-3;1-10-8(12)6-3-2-5(11(13)14)4-7(6)9;1-11-8(12)6-3-2-5(10)4-7(6)9;1-10-8(11)6-2-4-7(9)5-3-6;8-6-3-4(9(12)13)1-2-5(6)7(10)11;1-6(2,3)4-5;1-3-6-4(2)5;1-3(2)4/h6-12H,1-3,5H3,(H,23,26);5-8,15H,1-3H3,(H,13,16);2-4H,1H3,(H,10,12);2-4H,10H2,1H3,(H,11,12);2-5H,9H2,1H3,(H,10,11);1-3H,(H,10,11);1-3H3;3H2,1-2H3;1-2H3/i6D;5D;;;2D;;;;. The Morgan fingerprint density at radius 1 is 0.655 bits per heavy atom. The van der Waals surface area contributed by atoms with Gasteiger partial charge in [-0.05, 0) is 175 Å². The van der Waals surface area contributed by atoms with Crippen LogP contribution in [0.5, 0.6) is 0 Å². The number of carbonyl (C=O) groups excluding carboxylic acids is 8. The normalized spacial score (nSPS) is 11.4. The lowest BCUT2D eigenvalue weighted by Crippen LogP contribution is -2.44. The summed E-state index contributed by atoms with van der Waals surface area (Å²) >= 11 is 22.6. The Bertz CT molecular complexity index is 4740. The molecule has 0 unspecified atom stereocenters. The Hall–Kier alpha value is -12.4. The number of anilines is 5. The number of esters is 1. The Morgan fingerprint density at radius 2 is 1.05 bits per heavy atom. The van der Waals surface area contributed by atoms with Crippen molar-refractivity contribution in [2.75, 3.05) is 68.4 Å². The molecule has 1 heterocycles. The Kier molecular flexibility index (Phi) is 39.5. The number of aryl methyl sites for hydroxylation is 1. The number of ketones is 1. The van der Waals surface area contributed by atoms with Crippen molar-refractivity contribution in [2.24, 2.45) is 0 Å². The van der Waals surface area contributed by atoms with Crippen LogP contribution in [0.3, 0.4) is 0 Å². The van der Waals surface area contributed by atoms with Gasteiger partial charge in [0.2, 0.25) is 0 Å². The second-order valence-electron chi connectivity index (χ2n) is 24.2. The SMILES string of the molecule is CC(C)=O.CCOC(C)=O.CNC(=O)c1ccc(N)cc1Cl.CNC(=O)c1ccc([N+](=O)[O-])cc1Cl.C[Si](C)(C)C#N.O=C(O)c1ccc([N+](=O)[O-])cc1Cl.[2H]c1cc(N)ccc1C(=O)NC.[2H]c1cc(N2C(=S)N(c3ccc([N+]#[C-])c(C)c3)C(=O)C2(C)C)ccc1C(=O)NC.[2H]c1cc(NC(C)(C)[N+]#[C-])ccc1C(=O)NC. The molecule has 0 atom stereocenters. The van der Waals surface area contributed by atoms with Crippen LogP contribution in [0.1, 0.15) is 127 Å². The molecule has 0 radical (unpaired) electrons. The molecule has 35 heteroatoms. The van der Waals surface area contributed by atoms with E-state index in [1.54, 1.807) is 113 Å². The van der Waals surface area contributed by atoms with Gasteiger partial charge in [-0.15, -0.1) is 0 Å². The van der Waals surface area contributed by atoms with Gasteiger partial charge in [0, 0.05) is 131 Å². The van der Waals surface area contributed by atoms with Crippen LogP contribution in [0.25, 0.3) is 9.69 Å². The molecule has 0 aromatic heterocycles. The number of halogens is 3. The van der Waals surface area contributed by atoms with Gasteiger partial charge in [-0.2, -0.15) is 0 Å². The number of rotatable bonds is 13. The van der Waals surface area contributed by atoms with Crippen LogP contribution in [0.4, 0.5) is 45.5 Å². The van der Waals surface area contributed by atoms with Crippen LogP contribution >= 0.6 is 47.0 Å². The van der Waals surface area contributed by atoms with E-state index < -0.39 is 35.1 Å².